The van der Waals surface area contributed by atoms with Crippen LogP contribution in [0, 0.1) is 0 Å². The summed E-state index contributed by atoms with van der Waals surface area (Å²) in [7, 11) is 0. The quantitative estimate of drug-likeness (QED) is 0.834. The number of fused-ring (bicyclic) bond motifs is 1. The van der Waals surface area contributed by atoms with Crippen molar-refractivity contribution in [2.24, 2.45) is 5.73 Å². The van der Waals surface area contributed by atoms with E-state index in [1.165, 1.54) is 40.2 Å². The first-order valence-electron chi connectivity index (χ1n) is 6.98. The highest BCUT2D eigenvalue weighted by Crippen LogP contribution is 2.34. The van der Waals surface area contributed by atoms with Crippen LogP contribution in [0.5, 0.6) is 0 Å². The van der Waals surface area contributed by atoms with Crippen LogP contribution in [0.25, 0.3) is 0 Å². The molecule has 0 aliphatic heterocycles. The largest absolute Gasteiger partial charge is 0.324 e. The van der Waals surface area contributed by atoms with Crippen molar-refractivity contribution in [2.75, 3.05) is 0 Å². The average Bonchev–Trinajstić information content (AvgIpc) is 2.85. The first-order valence-corrected chi connectivity index (χ1v) is 8.59. The molecule has 1 aliphatic rings. The number of hydrogen-bond donors (Lipinski definition) is 1. The Bertz CT molecular complexity index is 637. The van der Waals surface area contributed by atoms with Gasteiger partial charge in [0.25, 0.3) is 0 Å². The summed E-state index contributed by atoms with van der Waals surface area (Å²) < 4.78 is 1.10. The Morgan fingerprint density at radius 3 is 2.50 bits per heavy atom. The van der Waals surface area contributed by atoms with Crippen LogP contribution in [0.2, 0.25) is 0 Å². The standard InChI is InChI=1S/C17H18BrNS/c1-11(19)16-8-7-15(10-17(16)18)20-14-6-5-12-3-2-4-13(12)9-14/h5-11H,2-4,19H2,1H3/t11-/m1/s1. The van der Waals surface area contributed by atoms with E-state index in [0.717, 1.165) is 10.0 Å². The van der Waals surface area contributed by atoms with Gasteiger partial charge in [-0.1, -0.05) is 39.8 Å². The second-order valence-electron chi connectivity index (χ2n) is 5.36. The molecule has 2 aromatic rings. The van der Waals surface area contributed by atoms with Gasteiger partial charge in [0.15, 0.2) is 0 Å². The molecule has 0 radical (unpaired) electrons. The maximum absolute atomic E-state index is 5.94. The summed E-state index contributed by atoms with van der Waals surface area (Å²) in [6.45, 7) is 2.01. The molecule has 0 amide bonds. The van der Waals surface area contributed by atoms with Crippen molar-refractivity contribution in [3.05, 3.63) is 57.6 Å². The minimum Gasteiger partial charge on any atom is -0.324 e. The molecule has 1 aliphatic carbocycles. The number of benzene rings is 2. The van der Waals surface area contributed by atoms with Crippen LogP contribution < -0.4 is 5.73 Å². The molecule has 0 bridgehead atoms. The van der Waals surface area contributed by atoms with Crippen LogP contribution in [0.4, 0.5) is 0 Å². The van der Waals surface area contributed by atoms with Crippen LogP contribution in [0.15, 0.2) is 50.7 Å². The summed E-state index contributed by atoms with van der Waals surface area (Å²) in [6.07, 6.45) is 3.78. The second kappa shape index (κ2) is 5.92. The molecule has 20 heavy (non-hydrogen) atoms. The Morgan fingerprint density at radius 1 is 1.05 bits per heavy atom. The maximum Gasteiger partial charge on any atom is 0.0277 e. The zero-order valence-corrected chi connectivity index (χ0v) is 13.9. The molecule has 0 aromatic heterocycles. The van der Waals surface area contributed by atoms with Gasteiger partial charge in [-0.05, 0) is 67.1 Å². The molecule has 0 saturated carbocycles. The zero-order valence-electron chi connectivity index (χ0n) is 11.5. The first-order chi connectivity index (χ1) is 9.63. The van der Waals surface area contributed by atoms with Crippen molar-refractivity contribution in [3.63, 3.8) is 0 Å². The fourth-order valence-corrected chi connectivity index (χ4v) is 4.50. The normalized spacial score (nSPS) is 15.2. The predicted octanol–water partition coefficient (Wildman–Crippen LogP) is 5.11. The summed E-state index contributed by atoms with van der Waals surface area (Å²) in [6, 6.07) is 13.4. The highest BCUT2D eigenvalue weighted by molar-refractivity contribution is 9.10. The molecule has 0 spiro atoms. The van der Waals surface area contributed by atoms with Crippen molar-refractivity contribution in [1.29, 1.82) is 0 Å². The van der Waals surface area contributed by atoms with E-state index >= 15 is 0 Å². The molecule has 0 heterocycles. The second-order valence-corrected chi connectivity index (χ2v) is 7.36. The monoisotopic (exact) mass is 347 g/mol. The van der Waals surface area contributed by atoms with Crippen LogP contribution >= 0.6 is 27.7 Å². The van der Waals surface area contributed by atoms with Crippen LogP contribution in [-0.2, 0) is 12.8 Å². The Balaban J connectivity index is 1.83. The SMILES string of the molecule is C[C@@H](N)c1ccc(Sc2ccc3c(c2)CCC3)cc1Br. The lowest BCUT2D eigenvalue weighted by atomic mass is 10.1. The summed E-state index contributed by atoms with van der Waals surface area (Å²) in [5.41, 5.74) is 10.2. The minimum absolute atomic E-state index is 0.0587. The van der Waals surface area contributed by atoms with Gasteiger partial charge >= 0.3 is 0 Å². The minimum atomic E-state index is 0.0587. The summed E-state index contributed by atoms with van der Waals surface area (Å²) >= 11 is 5.43. The third kappa shape index (κ3) is 2.95. The van der Waals surface area contributed by atoms with Crippen molar-refractivity contribution >= 4 is 27.7 Å². The lowest BCUT2D eigenvalue weighted by molar-refractivity contribution is 0.811. The number of halogens is 1. The van der Waals surface area contributed by atoms with Crippen molar-refractivity contribution in [2.45, 2.75) is 42.0 Å². The molecule has 3 rings (SSSR count). The lowest BCUT2D eigenvalue weighted by Gasteiger charge is -2.10. The van der Waals surface area contributed by atoms with Crippen LogP contribution in [-0.4, -0.2) is 0 Å². The number of nitrogens with two attached hydrogens (primary N) is 1. The van der Waals surface area contributed by atoms with E-state index in [0.29, 0.717) is 0 Å². The van der Waals surface area contributed by atoms with Crippen molar-refractivity contribution < 1.29 is 0 Å². The van der Waals surface area contributed by atoms with Gasteiger partial charge in [0.2, 0.25) is 0 Å². The number of aryl methyl sites for hydroxylation is 2. The van der Waals surface area contributed by atoms with Gasteiger partial charge in [0.1, 0.15) is 0 Å². The molecular weight excluding hydrogens is 330 g/mol. The molecule has 0 saturated heterocycles. The van der Waals surface area contributed by atoms with E-state index in [4.69, 9.17) is 5.73 Å². The number of rotatable bonds is 3. The molecule has 0 unspecified atom stereocenters. The third-order valence-electron chi connectivity index (χ3n) is 3.77. The van der Waals surface area contributed by atoms with E-state index in [9.17, 15) is 0 Å². The lowest BCUT2D eigenvalue weighted by Crippen LogP contribution is -2.05. The van der Waals surface area contributed by atoms with Gasteiger partial charge < -0.3 is 5.73 Å². The molecule has 3 heteroatoms. The Labute approximate surface area is 133 Å². The average molecular weight is 348 g/mol. The van der Waals surface area contributed by atoms with E-state index in [1.54, 1.807) is 0 Å². The summed E-state index contributed by atoms with van der Waals surface area (Å²) in [5, 5.41) is 0. The van der Waals surface area contributed by atoms with Gasteiger partial charge in [-0.2, -0.15) is 0 Å². The van der Waals surface area contributed by atoms with Crippen LogP contribution in [0.3, 0.4) is 0 Å². The van der Waals surface area contributed by atoms with E-state index in [2.05, 4.69) is 52.3 Å². The van der Waals surface area contributed by atoms with Gasteiger partial charge in [-0.25, -0.2) is 0 Å². The van der Waals surface area contributed by atoms with Gasteiger partial charge in [0.05, 0.1) is 0 Å². The van der Waals surface area contributed by atoms with E-state index < -0.39 is 0 Å². The van der Waals surface area contributed by atoms with Crippen molar-refractivity contribution in [3.8, 4) is 0 Å². The molecule has 104 valence electrons. The fraction of sp³-hybridized carbons (Fsp3) is 0.294. The van der Waals surface area contributed by atoms with Crippen LogP contribution in [0.1, 0.15) is 36.1 Å². The molecule has 2 aromatic carbocycles. The van der Waals surface area contributed by atoms with Gasteiger partial charge in [0, 0.05) is 20.3 Å². The van der Waals surface area contributed by atoms with E-state index in [1.807, 2.05) is 18.7 Å². The Morgan fingerprint density at radius 2 is 1.75 bits per heavy atom. The van der Waals surface area contributed by atoms with Crippen molar-refractivity contribution in [1.82, 2.24) is 0 Å². The third-order valence-corrected chi connectivity index (χ3v) is 5.43. The molecule has 2 N–H and O–H groups in total. The Kier molecular flexibility index (Phi) is 4.20. The smallest absolute Gasteiger partial charge is 0.0277 e. The summed E-state index contributed by atoms with van der Waals surface area (Å²) in [4.78, 5) is 2.57. The molecule has 1 nitrogen and oxygen atoms in total. The predicted molar refractivity (Wildman–Crippen MR) is 89.3 cm³/mol. The van der Waals surface area contributed by atoms with Gasteiger partial charge in [-0.3, -0.25) is 0 Å². The zero-order chi connectivity index (χ0) is 14.1. The topological polar surface area (TPSA) is 26.0 Å². The first kappa shape index (κ1) is 14.2. The Hall–Kier alpha value is -0.770. The molecule has 0 fully saturated rings. The number of hydrogen-bond acceptors (Lipinski definition) is 2. The maximum atomic E-state index is 5.94. The van der Waals surface area contributed by atoms with E-state index in [-0.39, 0.29) is 6.04 Å². The molecular formula is C17H18BrNS. The highest BCUT2D eigenvalue weighted by atomic mass is 79.9. The van der Waals surface area contributed by atoms with Gasteiger partial charge in [-0.15, -0.1) is 0 Å². The highest BCUT2D eigenvalue weighted by Gasteiger charge is 2.12. The molecule has 1 atom stereocenters. The fourth-order valence-electron chi connectivity index (χ4n) is 2.69. The summed E-state index contributed by atoms with van der Waals surface area (Å²) in [5.74, 6) is 0.